The lowest BCUT2D eigenvalue weighted by atomic mass is 10.1. The molecule has 0 heterocycles. The van der Waals surface area contributed by atoms with E-state index in [9.17, 15) is 0 Å². The van der Waals surface area contributed by atoms with Gasteiger partial charge < -0.3 is 10.6 Å². The number of hydrogen-bond donors (Lipinski definition) is 2. The van der Waals surface area contributed by atoms with Gasteiger partial charge in [0.25, 0.3) is 0 Å². The summed E-state index contributed by atoms with van der Waals surface area (Å²) in [5.74, 6) is 0. The van der Waals surface area contributed by atoms with Crippen molar-refractivity contribution in [3.05, 3.63) is 0 Å². The Morgan fingerprint density at radius 3 is 1.04 bits per heavy atom. The Balaban J connectivity index is 2.92. The Labute approximate surface area is 147 Å². The second kappa shape index (κ2) is 21.9. The zero-order valence-corrected chi connectivity index (χ0v) is 16.4. The van der Waals surface area contributed by atoms with Crippen molar-refractivity contribution < 1.29 is 0 Å². The van der Waals surface area contributed by atoms with Gasteiger partial charge >= 0.3 is 0 Å². The maximum atomic E-state index is 3.51. The first kappa shape index (κ1) is 22.9. The maximum absolute atomic E-state index is 3.51. The van der Waals surface area contributed by atoms with Crippen LogP contribution in [-0.4, -0.2) is 19.8 Å². The molecule has 0 saturated heterocycles. The van der Waals surface area contributed by atoms with Crippen LogP contribution in [0.2, 0.25) is 0 Å². The monoisotopic (exact) mass is 326 g/mol. The molecule has 0 bridgehead atoms. The highest BCUT2D eigenvalue weighted by atomic mass is 15.0. The fourth-order valence-electron chi connectivity index (χ4n) is 3.03. The van der Waals surface area contributed by atoms with Gasteiger partial charge in [-0.2, -0.15) is 0 Å². The summed E-state index contributed by atoms with van der Waals surface area (Å²) >= 11 is 0. The average molecular weight is 327 g/mol. The third-order valence-electron chi connectivity index (χ3n) is 4.66. The van der Waals surface area contributed by atoms with Crippen LogP contribution in [0.4, 0.5) is 0 Å². The van der Waals surface area contributed by atoms with Crippen LogP contribution in [0.25, 0.3) is 0 Å². The van der Waals surface area contributed by atoms with Crippen LogP contribution in [0.15, 0.2) is 0 Å². The SMILES string of the molecule is CCCCCCCCCCNCNCCCCCCCCCC. The quantitative estimate of drug-likeness (QED) is 0.200. The van der Waals surface area contributed by atoms with E-state index in [4.69, 9.17) is 0 Å². The van der Waals surface area contributed by atoms with Gasteiger partial charge in [-0.25, -0.2) is 0 Å². The highest BCUT2D eigenvalue weighted by Gasteiger charge is 1.93. The molecule has 0 saturated carbocycles. The molecule has 0 rings (SSSR count). The van der Waals surface area contributed by atoms with Gasteiger partial charge in [0.05, 0.1) is 0 Å². The standard InChI is InChI=1S/C21H46N2/c1-3-5-7-9-11-13-15-17-19-22-21-23-20-18-16-14-12-10-8-6-4-2/h22-23H,3-21H2,1-2H3. The molecule has 0 amide bonds. The minimum atomic E-state index is 0.993. The van der Waals surface area contributed by atoms with E-state index in [0.717, 1.165) is 6.67 Å². The average Bonchev–Trinajstić information content (AvgIpc) is 2.57. The molecule has 0 aromatic carbocycles. The van der Waals surface area contributed by atoms with E-state index < -0.39 is 0 Å². The Hall–Kier alpha value is -0.0800. The van der Waals surface area contributed by atoms with Crippen LogP contribution in [0.1, 0.15) is 117 Å². The predicted molar refractivity (Wildman–Crippen MR) is 106 cm³/mol. The van der Waals surface area contributed by atoms with E-state index in [0.29, 0.717) is 0 Å². The van der Waals surface area contributed by atoms with Crippen LogP contribution in [0.5, 0.6) is 0 Å². The largest absolute Gasteiger partial charge is 0.304 e. The van der Waals surface area contributed by atoms with E-state index in [1.165, 1.54) is 116 Å². The summed E-state index contributed by atoms with van der Waals surface area (Å²) in [6.07, 6.45) is 22.6. The van der Waals surface area contributed by atoms with Gasteiger partial charge in [-0.3, -0.25) is 0 Å². The highest BCUT2D eigenvalue weighted by Crippen LogP contribution is 2.08. The molecule has 140 valence electrons. The Morgan fingerprint density at radius 1 is 0.391 bits per heavy atom. The number of rotatable bonds is 20. The lowest BCUT2D eigenvalue weighted by Crippen LogP contribution is -2.30. The van der Waals surface area contributed by atoms with Crippen molar-refractivity contribution in [2.45, 2.75) is 117 Å². The van der Waals surface area contributed by atoms with Crippen LogP contribution >= 0.6 is 0 Å². The van der Waals surface area contributed by atoms with Crippen molar-refractivity contribution >= 4 is 0 Å². The van der Waals surface area contributed by atoms with Gasteiger partial charge in [-0.05, 0) is 25.9 Å². The van der Waals surface area contributed by atoms with Crippen molar-refractivity contribution in [1.29, 1.82) is 0 Å². The zero-order valence-electron chi connectivity index (χ0n) is 16.4. The minimum Gasteiger partial charge on any atom is -0.304 e. The molecular formula is C21H46N2. The molecule has 0 aliphatic heterocycles. The Kier molecular flexibility index (Phi) is 21.8. The number of unbranched alkanes of at least 4 members (excludes halogenated alkanes) is 14. The molecule has 0 aromatic heterocycles. The molecule has 0 radical (unpaired) electrons. The number of hydrogen-bond acceptors (Lipinski definition) is 2. The molecular weight excluding hydrogens is 280 g/mol. The van der Waals surface area contributed by atoms with E-state index in [1.807, 2.05) is 0 Å². The van der Waals surface area contributed by atoms with Gasteiger partial charge in [-0.1, -0.05) is 104 Å². The first-order valence-electron chi connectivity index (χ1n) is 10.8. The second-order valence-corrected chi connectivity index (χ2v) is 7.13. The van der Waals surface area contributed by atoms with Crippen molar-refractivity contribution in [3.8, 4) is 0 Å². The fourth-order valence-corrected chi connectivity index (χ4v) is 3.03. The topological polar surface area (TPSA) is 24.1 Å². The van der Waals surface area contributed by atoms with Gasteiger partial charge in [0, 0.05) is 6.67 Å². The maximum Gasteiger partial charge on any atom is 0.0454 e. The Morgan fingerprint density at radius 2 is 0.696 bits per heavy atom. The van der Waals surface area contributed by atoms with Gasteiger partial charge in [0.15, 0.2) is 0 Å². The third kappa shape index (κ3) is 21.9. The summed E-state index contributed by atoms with van der Waals surface area (Å²) < 4.78 is 0. The molecule has 0 spiro atoms. The normalized spacial score (nSPS) is 11.2. The second-order valence-electron chi connectivity index (χ2n) is 7.13. The fraction of sp³-hybridized carbons (Fsp3) is 1.00. The summed E-state index contributed by atoms with van der Waals surface area (Å²) in [6, 6.07) is 0. The molecule has 0 aliphatic carbocycles. The molecule has 0 aliphatic rings. The lowest BCUT2D eigenvalue weighted by Gasteiger charge is -2.07. The van der Waals surface area contributed by atoms with Gasteiger partial charge in [-0.15, -0.1) is 0 Å². The molecule has 0 fully saturated rings. The van der Waals surface area contributed by atoms with Crippen molar-refractivity contribution in [2.75, 3.05) is 19.8 Å². The molecule has 2 N–H and O–H groups in total. The predicted octanol–water partition coefficient (Wildman–Crippen LogP) is 6.40. The third-order valence-corrected chi connectivity index (χ3v) is 4.66. The summed E-state index contributed by atoms with van der Waals surface area (Å²) in [4.78, 5) is 0. The van der Waals surface area contributed by atoms with Crippen molar-refractivity contribution in [3.63, 3.8) is 0 Å². The number of nitrogens with one attached hydrogen (secondary N) is 2. The summed E-state index contributed by atoms with van der Waals surface area (Å²) in [5, 5.41) is 7.02. The first-order chi connectivity index (χ1) is 11.4. The van der Waals surface area contributed by atoms with Crippen LogP contribution < -0.4 is 10.6 Å². The minimum absolute atomic E-state index is 0.993. The highest BCUT2D eigenvalue weighted by molar-refractivity contribution is 4.52. The molecule has 23 heavy (non-hydrogen) atoms. The van der Waals surface area contributed by atoms with Crippen molar-refractivity contribution in [2.24, 2.45) is 0 Å². The van der Waals surface area contributed by atoms with E-state index in [1.54, 1.807) is 0 Å². The van der Waals surface area contributed by atoms with Gasteiger partial charge in [0.2, 0.25) is 0 Å². The van der Waals surface area contributed by atoms with E-state index in [2.05, 4.69) is 24.5 Å². The van der Waals surface area contributed by atoms with Crippen LogP contribution in [-0.2, 0) is 0 Å². The lowest BCUT2D eigenvalue weighted by molar-refractivity contribution is 0.515. The molecule has 0 aromatic rings. The molecule has 2 heteroatoms. The van der Waals surface area contributed by atoms with Crippen LogP contribution in [0.3, 0.4) is 0 Å². The molecule has 2 nitrogen and oxygen atoms in total. The van der Waals surface area contributed by atoms with E-state index >= 15 is 0 Å². The van der Waals surface area contributed by atoms with Crippen LogP contribution in [0, 0.1) is 0 Å². The van der Waals surface area contributed by atoms with Gasteiger partial charge in [0.1, 0.15) is 0 Å². The molecule has 0 atom stereocenters. The Bertz CT molecular complexity index is 174. The summed E-state index contributed by atoms with van der Waals surface area (Å²) in [6.45, 7) is 7.93. The molecule has 0 unspecified atom stereocenters. The first-order valence-corrected chi connectivity index (χ1v) is 10.8. The summed E-state index contributed by atoms with van der Waals surface area (Å²) in [5.41, 5.74) is 0. The smallest absolute Gasteiger partial charge is 0.0454 e. The zero-order chi connectivity index (χ0) is 16.8. The van der Waals surface area contributed by atoms with Crippen molar-refractivity contribution in [1.82, 2.24) is 10.6 Å². The van der Waals surface area contributed by atoms with E-state index in [-0.39, 0.29) is 0 Å². The summed E-state index contributed by atoms with van der Waals surface area (Å²) in [7, 11) is 0.